The van der Waals surface area contributed by atoms with E-state index < -0.39 is 24.1 Å². The lowest BCUT2D eigenvalue weighted by Crippen LogP contribution is -2.49. The Morgan fingerprint density at radius 1 is 1.03 bits per heavy atom. The van der Waals surface area contributed by atoms with Crippen molar-refractivity contribution in [1.29, 1.82) is 0 Å². The van der Waals surface area contributed by atoms with Crippen molar-refractivity contribution >= 4 is 17.7 Å². The molecule has 3 aromatic rings. The van der Waals surface area contributed by atoms with Crippen LogP contribution < -0.4 is 9.64 Å². The van der Waals surface area contributed by atoms with Gasteiger partial charge in [0.05, 0.1) is 26.2 Å². The normalized spacial score (nSPS) is 17.7. The molecular formula is C29H28F3NO3. The minimum Gasteiger partial charge on any atom is -0.497 e. The van der Waals surface area contributed by atoms with Crippen LogP contribution in [0.1, 0.15) is 34.7 Å². The standard InChI is InChI=1S/C29H28F3NO3/c1-28(23-9-4-20(5-10-23)8-15-27(34)36-3)26-14-13-25(35-2)18-22(26)16-17-33(28)24-11-6-21(7-12-24)19-29(30,31)32/h4-15,18H,16-17,19H2,1-3H3. The van der Waals surface area contributed by atoms with Crippen LogP contribution in [0.5, 0.6) is 5.75 Å². The molecule has 1 aliphatic rings. The maximum Gasteiger partial charge on any atom is 0.393 e. The van der Waals surface area contributed by atoms with Gasteiger partial charge in [-0.15, -0.1) is 0 Å². The van der Waals surface area contributed by atoms with E-state index in [2.05, 4.69) is 22.6 Å². The summed E-state index contributed by atoms with van der Waals surface area (Å²) < 4.78 is 48.7. The average molecular weight is 496 g/mol. The van der Waals surface area contributed by atoms with Gasteiger partial charge < -0.3 is 14.4 Å². The van der Waals surface area contributed by atoms with Gasteiger partial charge in [-0.2, -0.15) is 13.2 Å². The quantitative estimate of drug-likeness (QED) is 0.297. The number of benzene rings is 3. The van der Waals surface area contributed by atoms with E-state index in [-0.39, 0.29) is 5.56 Å². The molecule has 0 amide bonds. The Bertz CT molecular complexity index is 1250. The maximum absolute atomic E-state index is 12.9. The summed E-state index contributed by atoms with van der Waals surface area (Å²) in [5.41, 5.74) is 4.63. The van der Waals surface area contributed by atoms with Crippen LogP contribution in [0.3, 0.4) is 0 Å². The molecule has 0 saturated carbocycles. The van der Waals surface area contributed by atoms with E-state index in [4.69, 9.17) is 4.74 Å². The van der Waals surface area contributed by atoms with Crippen molar-refractivity contribution in [3.05, 3.63) is 101 Å². The molecule has 1 unspecified atom stereocenters. The molecule has 188 valence electrons. The smallest absolute Gasteiger partial charge is 0.393 e. The number of fused-ring (bicyclic) bond motifs is 1. The number of halogens is 3. The highest BCUT2D eigenvalue weighted by Crippen LogP contribution is 2.44. The van der Waals surface area contributed by atoms with E-state index in [1.165, 1.54) is 13.2 Å². The van der Waals surface area contributed by atoms with Crippen LogP contribution in [0.15, 0.2) is 72.8 Å². The summed E-state index contributed by atoms with van der Waals surface area (Å²) in [5.74, 6) is 0.352. The van der Waals surface area contributed by atoms with Crippen molar-refractivity contribution in [2.75, 3.05) is 25.7 Å². The molecule has 4 nitrogen and oxygen atoms in total. The molecule has 0 saturated heterocycles. The second kappa shape index (κ2) is 10.1. The van der Waals surface area contributed by atoms with Gasteiger partial charge in [-0.1, -0.05) is 42.5 Å². The molecule has 36 heavy (non-hydrogen) atoms. The molecule has 0 N–H and O–H groups in total. The summed E-state index contributed by atoms with van der Waals surface area (Å²) in [6, 6.07) is 20.6. The summed E-state index contributed by atoms with van der Waals surface area (Å²) in [6.07, 6.45) is -1.37. The number of nitrogens with zero attached hydrogens (tertiary/aromatic N) is 1. The molecule has 4 rings (SSSR count). The van der Waals surface area contributed by atoms with Crippen molar-refractivity contribution in [2.24, 2.45) is 0 Å². The monoisotopic (exact) mass is 495 g/mol. The first-order valence-electron chi connectivity index (χ1n) is 11.6. The number of alkyl halides is 3. The molecule has 0 fully saturated rings. The van der Waals surface area contributed by atoms with E-state index in [9.17, 15) is 18.0 Å². The van der Waals surface area contributed by atoms with E-state index in [1.807, 2.05) is 36.4 Å². The molecule has 0 spiro atoms. The third-order valence-electron chi connectivity index (χ3n) is 6.72. The number of hydrogen-bond donors (Lipinski definition) is 0. The number of hydrogen-bond acceptors (Lipinski definition) is 4. The molecule has 0 radical (unpaired) electrons. The zero-order chi connectivity index (χ0) is 25.9. The van der Waals surface area contributed by atoms with Crippen molar-refractivity contribution < 1.29 is 27.4 Å². The topological polar surface area (TPSA) is 38.8 Å². The van der Waals surface area contributed by atoms with Crippen molar-refractivity contribution in [2.45, 2.75) is 31.5 Å². The van der Waals surface area contributed by atoms with E-state index in [0.717, 1.165) is 40.1 Å². The van der Waals surface area contributed by atoms with E-state index in [1.54, 1.807) is 37.5 Å². The first-order chi connectivity index (χ1) is 17.1. The first kappa shape index (κ1) is 25.4. The summed E-state index contributed by atoms with van der Waals surface area (Å²) >= 11 is 0. The number of anilines is 1. The molecule has 3 aromatic carbocycles. The second-order valence-electron chi connectivity index (χ2n) is 8.93. The lowest BCUT2D eigenvalue weighted by molar-refractivity contribution is -0.134. The molecule has 7 heteroatoms. The Morgan fingerprint density at radius 3 is 2.33 bits per heavy atom. The molecule has 0 aromatic heterocycles. The Hall–Kier alpha value is -3.74. The van der Waals surface area contributed by atoms with Crippen LogP contribution in [-0.2, 0) is 27.9 Å². The van der Waals surface area contributed by atoms with Gasteiger partial charge in [0.25, 0.3) is 0 Å². The SMILES string of the molecule is COC(=O)C=Cc1ccc(C2(C)c3ccc(OC)cc3CCN2c2ccc(CC(F)(F)F)cc2)cc1. The van der Waals surface area contributed by atoms with Crippen molar-refractivity contribution in [3.63, 3.8) is 0 Å². The van der Waals surface area contributed by atoms with Crippen LogP contribution in [0, 0.1) is 0 Å². The number of ether oxygens (including phenoxy) is 2. The van der Waals surface area contributed by atoms with Crippen LogP contribution in [0.25, 0.3) is 6.08 Å². The van der Waals surface area contributed by atoms with Gasteiger partial charge in [-0.3, -0.25) is 0 Å². The van der Waals surface area contributed by atoms with Gasteiger partial charge in [0.15, 0.2) is 0 Å². The van der Waals surface area contributed by atoms with Crippen molar-refractivity contribution in [3.8, 4) is 5.75 Å². The molecule has 0 bridgehead atoms. The number of carbonyl (C=O) groups is 1. The summed E-state index contributed by atoms with van der Waals surface area (Å²) in [6.45, 7) is 2.81. The molecule has 1 heterocycles. The highest BCUT2D eigenvalue weighted by molar-refractivity contribution is 5.86. The fourth-order valence-corrected chi connectivity index (χ4v) is 4.85. The fraction of sp³-hybridized carbons (Fsp3) is 0.276. The third-order valence-corrected chi connectivity index (χ3v) is 6.72. The zero-order valence-corrected chi connectivity index (χ0v) is 20.4. The van der Waals surface area contributed by atoms with Crippen LogP contribution in [0.4, 0.5) is 18.9 Å². The lowest BCUT2D eigenvalue weighted by atomic mass is 9.76. The Kier molecular flexibility index (Phi) is 7.11. The zero-order valence-electron chi connectivity index (χ0n) is 20.4. The summed E-state index contributed by atoms with van der Waals surface area (Å²) in [5, 5.41) is 0. The molecule has 1 aliphatic heterocycles. The van der Waals surface area contributed by atoms with Gasteiger partial charge in [0.1, 0.15) is 5.75 Å². The van der Waals surface area contributed by atoms with Gasteiger partial charge in [-0.25, -0.2) is 4.79 Å². The average Bonchev–Trinajstić information content (AvgIpc) is 2.87. The maximum atomic E-state index is 12.9. The Labute approximate surface area is 209 Å². The Balaban J connectivity index is 1.76. The lowest BCUT2D eigenvalue weighted by Gasteiger charge is -2.48. The van der Waals surface area contributed by atoms with Crippen LogP contribution >= 0.6 is 0 Å². The van der Waals surface area contributed by atoms with E-state index in [0.29, 0.717) is 6.54 Å². The minimum absolute atomic E-state index is 0.233. The van der Waals surface area contributed by atoms with Gasteiger partial charge in [0.2, 0.25) is 0 Å². The van der Waals surface area contributed by atoms with Crippen LogP contribution in [-0.4, -0.2) is 32.9 Å². The van der Waals surface area contributed by atoms with Gasteiger partial charge in [0, 0.05) is 18.3 Å². The minimum atomic E-state index is -4.25. The van der Waals surface area contributed by atoms with Crippen LogP contribution in [0.2, 0.25) is 0 Å². The molecule has 0 aliphatic carbocycles. The Morgan fingerprint density at radius 2 is 1.72 bits per heavy atom. The second-order valence-corrected chi connectivity index (χ2v) is 8.93. The number of methoxy groups -OCH3 is 2. The number of rotatable bonds is 6. The molecular weight excluding hydrogens is 467 g/mol. The fourth-order valence-electron chi connectivity index (χ4n) is 4.85. The number of esters is 1. The predicted octanol–water partition coefficient (Wildman–Crippen LogP) is 6.31. The summed E-state index contributed by atoms with van der Waals surface area (Å²) in [7, 11) is 2.97. The largest absolute Gasteiger partial charge is 0.497 e. The van der Waals surface area contributed by atoms with Gasteiger partial charge >= 0.3 is 12.1 Å². The first-order valence-corrected chi connectivity index (χ1v) is 11.6. The van der Waals surface area contributed by atoms with Crippen molar-refractivity contribution in [1.82, 2.24) is 0 Å². The highest BCUT2D eigenvalue weighted by atomic mass is 19.4. The highest BCUT2D eigenvalue weighted by Gasteiger charge is 2.40. The third kappa shape index (κ3) is 5.25. The van der Waals surface area contributed by atoms with E-state index >= 15 is 0 Å². The summed E-state index contributed by atoms with van der Waals surface area (Å²) in [4.78, 5) is 13.7. The predicted molar refractivity (Wildman–Crippen MR) is 134 cm³/mol. The van der Waals surface area contributed by atoms with Gasteiger partial charge in [-0.05, 0) is 71.5 Å². The number of carbonyl (C=O) groups excluding carboxylic acids is 1. The molecule has 1 atom stereocenters.